The summed E-state index contributed by atoms with van der Waals surface area (Å²) in [4.78, 5) is 42.4. The van der Waals surface area contributed by atoms with Crippen molar-refractivity contribution in [1.29, 1.82) is 0 Å². The summed E-state index contributed by atoms with van der Waals surface area (Å²) in [5.41, 5.74) is 0.561. The van der Waals surface area contributed by atoms with Crippen LogP contribution >= 0.6 is 0 Å². The molecule has 8 nitrogen and oxygen atoms in total. The van der Waals surface area contributed by atoms with Crippen molar-refractivity contribution in [2.75, 3.05) is 0 Å². The zero-order valence-corrected chi connectivity index (χ0v) is 23.9. The van der Waals surface area contributed by atoms with Crippen LogP contribution in [0.2, 0.25) is 0 Å². The summed E-state index contributed by atoms with van der Waals surface area (Å²) in [5, 5.41) is 16.0. The van der Waals surface area contributed by atoms with Crippen molar-refractivity contribution in [3.05, 3.63) is 29.3 Å². The van der Waals surface area contributed by atoms with E-state index in [9.17, 15) is 19.5 Å². The van der Waals surface area contributed by atoms with Crippen molar-refractivity contribution in [3.63, 3.8) is 0 Å². The largest absolute Gasteiger partial charge is 0.508 e. The van der Waals surface area contributed by atoms with Crippen molar-refractivity contribution in [2.45, 2.75) is 124 Å². The summed E-state index contributed by atoms with van der Waals surface area (Å²) in [5.74, 6) is -0.293. The summed E-state index contributed by atoms with van der Waals surface area (Å²) in [6.45, 7) is 15.1. The Balaban J connectivity index is 2.51. The van der Waals surface area contributed by atoms with Crippen LogP contribution in [0.1, 0.15) is 104 Å². The molecule has 2 rings (SSSR count). The third kappa shape index (κ3) is 8.93. The normalized spacial score (nSPS) is 16.4. The smallest absolute Gasteiger partial charge is 0.408 e. The summed E-state index contributed by atoms with van der Waals surface area (Å²) < 4.78 is 5.45. The van der Waals surface area contributed by atoms with Gasteiger partial charge in [0.1, 0.15) is 23.4 Å². The van der Waals surface area contributed by atoms with E-state index in [1.807, 2.05) is 20.8 Å². The molecule has 0 spiro atoms. The standard InChI is InChI=1S/C29H47N3O5/c1-9-11-20(5)30-26(34)25(21-14-15-24(33)19(4)17-21)32(22-12-10-13-22)27(35)23(16-18(2)3)31-28(36)37-29(6,7)8/h14-15,17-18,20,22-23,25,33H,9-13,16H2,1-8H3,(H,30,34)(H,31,36). The monoisotopic (exact) mass is 517 g/mol. The highest BCUT2D eigenvalue weighted by molar-refractivity contribution is 5.92. The average Bonchev–Trinajstić information content (AvgIpc) is 2.71. The lowest BCUT2D eigenvalue weighted by molar-refractivity contribution is -0.148. The summed E-state index contributed by atoms with van der Waals surface area (Å²) in [6, 6.07) is 3.14. The molecule has 0 aliphatic heterocycles. The van der Waals surface area contributed by atoms with Gasteiger partial charge in [-0.05, 0) is 95.9 Å². The van der Waals surface area contributed by atoms with Crippen LogP contribution < -0.4 is 10.6 Å². The van der Waals surface area contributed by atoms with Gasteiger partial charge in [-0.1, -0.05) is 33.3 Å². The molecule has 1 saturated carbocycles. The van der Waals surface area contributed by atoms with Gasteiger partial charge in [-0.25, -0.2) is 4.79 Å². The van der Waals surface area contributed by atoms with E-state index < -0.39 is 23.8 Å². The number of nitrogens with zero attached hydrogens (tertiary/aromatic N) is 1. The van der Waals surface area contributed by atoms with Crippen LogP contribution in [0.5, 0.6) is 5.75 Å². The lowest BCUT2D eigenvalue weighted by atomic mass is 9.87. The number of hydrogen-bond donors (Lipinski definition) is 3. The van der Waals surface area contributed by atoms with Gasteiger partial charge in [-0.2, -0.15) is 0 Å². The van der Waals surface area contributed by atoms with Crippen molar-refractivity contribution < 1.29 is 24.2 Å². The Morgan fingerprint density at radius 3 is 2.27 bits per heavy atom. The molecule has 1 fully saturated rings. The Labute approximate surface area is 222 Å². The van der Waals surface area contributed by atoms with E-state index in [0.29, 0.717) is 17.5 Å². The number of aromatic hydroxyl groups is 1. The molecule has 3 N–H and O–H groups in total. The Hall–Kier alpha value is -2.77. The predicted molar refractivity (Wildman–Crippen MR) is 145 cm³/mol. The summed E-state index contributed by atoms with van der Waals surface area (Å²) in [7, 11) is 0. The maximum Gasteiger partial charge on any atom is 0.408 e. The average molecular weight is 518 g/mol. The lowest BCUT2D eigenvalue weighted by Crippen LogP contribution is -2.58. The van der Waals surface area contributed by atoms with Gasteiger partial charge in [0.25, 0.3) is 0 Å². The van der Waals surface area contributed by atoms with Gasteiger partial charge in [-0.3, -0.25) is 9.59 Å². The van der Waals surface area contributed by atoms with Crippen molar-refractivity contribution >= 4 is 17.9 Å². The molecular weight excluding hydrogens is 470 g/mol. The van der Waals surface area contributed by atoms with Crippen LogP contribution in [0, 0.1) is 12.8 Å². The van der Waals surface area contributed by atoms with E-state index in [-0.39, 0.29) is 35.6 Å². The SMILES string of the molecule is CCCC(C)NC(=O)C(c1ccc(O)c(C)c1)N(C(=O)C(CC(C)C)NC(=O)OC(C)(C)C)C1CCC1. The zero-order chi connectivity index (χ0) is 27.9. The Bertz CT molecular complexity index is 936. The minimum atomic E-state index is -0.883. The van der Waals surface area contributed by atoms with Crippen LogP contribution in [-0.4, -0.2) is 51.6 Å². The number of aryl methyl sites for hydroxylation is 1. The number of amides is 3. The molecule has 3 amide bonds. The van der Waals surface area contributed by atoms with Gasteiger partial charge in [-0.15, -0.1) is 0 Å². The highest BCUT2D eigenvalue weighted by Crippen LogP contribution is 2.35. The number of ether oxygens (including phenoxy) is 1. The first-order valence-corrected chi connectivity index (χ1v) is 13.6. The first-order chi connectivity index (χ1) is 17.2. The molecule has 1 aromatic rings. The van der Waals surface area contributed by atoms with Gasteiger partial charge in [0.05, 0.1) is 0 Å². The number of carbonyl (C=O) groups excluding carboxylic acids is 3. The van der Waals surface area contributed by atoms with Crippen molar-refractivity contribution in [3.8, 4) is 5.75 Å². The molecule has 1 aliphatic carbocycles. The number of nitrogens with one attached hydrogen (secondary N) is 2. The molecule has 0 aromatic heterocycles. The number of rotatable bonds is 11. The van der Waals surface area contributed by atoms with E-state index in [4.69, 9.17) is 4.74 Å². The molecule has 1 aliphatic rings. The van der Waals surface area contributed by atoms with E-state index >= 15 is 0 Å². The van der Waals surface area contributed by atoms with E-state index in [1.54, 1.807) is 50.8 Å². The minimum Gasteiger partial charge on any atom is -0.508 e. The first kappa shape index (κ1) is 30.5. The van der Waals surface area contributed by atoms with Crippen LogP contribution in [0.3, 0.4) is 0 Å². The molecule has 0 saturated heterocycles. The molecule has 3 atom stereocenters. The molecule has 208 valence electrons. The molecular formula is C29H47N3O5. The van der Waals surface area contributed by atoms with Crippen LogP contribution in [0.4, 0.5) is 4.79 Å². The number of carbonyl (C=O) groups is 3. The molecule has 0 bridgehead atoms. The molecule has 0 heterocycles. The number of alkyl carbamates (subject to hydrolysis) is 1. The highest BCUT2D eigenvalue weighted by Gasteiger charge is 2.42. The van der Waals surface area contributed by atoms with E-state index in [2.05, 4.69) is 17.6 Å². The van der Waals surface area contributed by atoms with Gasteiger partial charge in [0.2, 0.25) is 11.8 Å². The van der Waals surface area contributed by atoms with Gasteiger partial charge >= 0.3 is 6.09 Å². The van der Waals surface area contributed by atoms with Gasteiger partial charge < -0.3 is 25.4 Å². The van der Waals surface area contributed by atoms with E-state index in [1.165, 1.54) is 0 Å². The van der Waals surface area contributed by atoms with Crippen molar-refractivity contribution in [2.24, 2.45) is 5.92 Å². The third-order valence-corrected chi connectivity index (χ3v) is 6.59. The Morgan fingerprint density at radius 1 is 1.14 bits per heavy atom. The Morgan fingerprint density at radius 2 is 1.78 bits per heavy atom. The summed E-state index contributed by atoms with van der Waals surface area (Å²) in [6.07, 6.45) is 4.05. The first-order valence-electron chi connectivity index (χ1n) is 13.6. The predicted octanol–water partition coefficient (Wildman–Crippen LogP) is 5.37. The summed E-state index contributed by atoms with van der Waals surface area (Å²) >= 11 is 0. The quantitative estimate of drug-likeness (QED) is 0.366. The van der Waals surface area contributed by atoms with Crippen LogP contribution in [-0.2, 0) is 14.3 Å². The zero-order valence-electron chi connectivity index (χ0n) is 23.9. The molecule has 0 radical (unpaired) electrons. The fraction of sp³-hybridized carbons (Fsp3) is 0.690. The minimum absolute atomic E-state index is 0.0529. The fourth-order valence-electron chi connectivity index (χ4n) is 4.62. The second-order valence-corrected chi connectivity index (χ2v) is 11.8. The topological polar surface area (TPSA) is 108 Å². The van der Waals surface area contributed by atoms with E-state index in [0.717, 1.165) is 32.1 Å². The molecule has 1 aromatic carbocycles. The second-order valence-electron chi connectivity index (χ2n) is 11.8. The van der Waals surface area contributed by atoms with Crippen molar-refractivity contribution in [1.82, 2.24) is 15.5 Å². The van der Waals surface area contributed by atoms with Crippen LogP contribution in [0.25, 0.3) is 0 Å². The number of phenols is 1. The molecule has 37 heavy (non-hydrogen) atoms. The van der Waals surface area contributed by atoms with Gasteiger partial charge in [0.15, 0.2) is 0 Å². The number of benzene rings is 1. The van der Waals surface area contributed by atoms with Gasteiger partial charge in [0, 0.05) is 12.1 Å². The lowest BCUT2D eigenvalue weighted by Gasteiger charge is -2.44. The maximum atomic E-state index is 14.2. The Kier molecular flexibility index (Phi) is 10.8. The second kappa shape index (κ2) is 13.2. The number of phenolic OH excluding ortho intramolecular Hbond substituents is 1. The van der Waals surface area contributed by atoms with Crippen LogP contribution in [0.15, 0.2) is 18.2 Å². The molecule has 8 heteroatoms. The molecule has 3 unspecified atom stereocenters. The fourth-order valence-corrected chi connectivity index (χ4v) is 4.62. The number of hydrogen-bond acceptors (Lipinski definition) is 5. The highest BCUT2D eigenvalue weighted by atomic mass is 16.6. The third-order valence-electron chi connectivity index (χ3n) is 6.59. The maximum absolute atomic E-state index is 14.2.